The zero-order valence-electron chi connectivity index (χ0n) is 17.2. The summed E-state index contributed by atoms with van der Waals surface area (Å²) >= 11 is 7.55. The highest BCUT2D eigenvalue weighted by Gasteiger charge is 2.41. The van der Waals surface area contributed by atoms with Crippen LogP contribution in [0.1, 0.15) is 46.4 Å². The molecule has 3 aromatic rings. The summed E-state index contributed by atoms with van der Waals surface area (Å²) in [4.78, 5) is 21.1. The number of pyridine rings is 1. The van der Waals surface area contributed by atoms with E-state index in [9.17, 15) is 4.79 Å². The van der Waals surface area contributed by atoms with Crippen LogP contribution >= 0.6 is 23.6 Å². The van der Waals surface area contributed by atoms with Gasteiger partial charge in [0.15, 0.2) is 5.11 Å². The van der Waals surface area contributed by atoms with Crippen LogP contribution in [-0.2, 0) is 4.79 Å². The monoisotopic (exact) mass is 436 g/mol. The summed E-state index contributed by atoms with van der Waals surface area (Å²) in [5, 5.41) is 7.11. The number of aryl methyl sites for hydroxylation is 2. The Hall–Kier alpha value is -2.77. The number of thiocarbonyl (C=S) groups is 1. The standard InChI is InChI=1S/C23H24N4OS2/c1-4-20(28)25-17-10-9-16(13-14(17)2)27-22(19-11-8-15(3)30-19)21(26-23(27)29)18-7-5-6-12-24-18/h5-13,21-22H,4H2,1-3H3,(H,25,28)(H,26,29)/t21-,22+/m1/s1. The van der Waals surface area contributed by atoms with Crippen molar-refractivity contribution in [3.05, 3.63) is 75.7 Å². The highest BCUT2D eigenvalue weighted by atomic mass is 32.1. The number of nitrogens with one attached hydrogen (secondary N) is 2. The van der Waals surface area contributed by atoms with Crippen LogP contribution in [0, 0.1) is 13.8 Å². The quantitative estimate of drug-likeness (QED) is 0.533. The summed E-state index contributed by atoms with van der Waals surface area (Å²) in [6.45, 7) is 5.96. The Balaban J connectivity index is 1.74. The van der Waals surface area contributed by atoms with Gasteiger partial charge in [0.2, 0.25) is 5.91 Å². The van der Waals surface area contributed by atoms with Crippen molar-refractivity contribution in [2.45, 2.75) is 39.3 Å². The number of amides is 1. The molecule has 0 saturated carbocycles. The Morgan fingerprint density at radius 2 is 2.07 bits per heavy atom. The van der Waals surface area contributed by atoms with Crippen LogP contribution in [0.4, 0.5) is 11.4 Å². The molecule has 30 heavy (non-hydrogen) atoms. The van der Waals surface area contributed by atoms with Crippen LogP contribution < -0.4 is 15.5 Å². The van der Waals surface area contributed by atoms with Gasteiger partial charge in [-0.3, -0.25) is 9.78 Å². The molecule has 1 aromatic carbocycles. The van der Waals surface area contributed by atoms with Gasteiger partial charge in [0.25, 0.3) is 0 Å². The zero-order valence-corrected chi connectivity index (χ0v) is 18.8. The fourth-order valence-electron chi connectivity index (χ4n) is 3.71. The van der Waals surface area contributed by atoms with Gasteiger partial charge in [-0.15, -0.1) is 11.3 Å². The van der Waals surface area contributed by atoms with Gasteiger partial charge in [0, 0.05) is 33.7 Å². The largest absolute Gasteiger partial charge is 0.351 e. The van der Waals surface area contributed by atoms with Gasteiger partial charge in [-0.05, 0) is 74.1 Å². The van der Waals surface area contributed by atoms with Crippen LogP contribution in [0.2, 0.25) is 0 Å². The summed E-state index contributed by atoms with van der Waals surface area (Å²) in [6, 6.07) is 16.3. The maximum absolute atomic E-state index is 11.8. The first-order chi connectivity index (χ1) is 14.5. The number of hydrogen-bond acceptors (Lipinski definition) is 4. The number of thiophene rings is 1. The molecule has 7 heteroatoms. The van der Waals surface area contributed by atoms with Crippen LogP contribution in [0.5, 0.6) is 0 Å². The van der Waals surface area contributed by atoms with Gasteiger partial charge in [0.1, 0.15) is 0 Å². The Morgan fingerprint density at radius 3 is 2.70 bits per heavy atom. The smallest absolute Gasteiger partial charge is 0.224 e. The highest BCUT2D eigenvalue weighted by molar-refractivity contribution is 7.80. The topological polar surface area (TPSA) is 57.3 Å². The van der Waals surface area contributed by atoms with E-state index in [1.54, 1.807) is 11.3 Å². The molecule has 154 valence electrons. The van der Waals surface area contributed by atoms with Crippen molar-refractivity contribution >= 4 is 45.9 Å². The van der Waals surface area contributed by atoms with Gasteiger partial charge in [-0.25, -0.2) is 0 Å². The first-order valence-electron chi connectivity index (χ1n) is 9.95. The van der Waals surface area contributed by atoms with E-state index < -0.39 is 0 Å². The first-order valence-corrected chi connectivity index (χ1v) is 11.2. The maximum atomic E-state index is 11.8. The molecule has 1 aliphatic heterocycles. The molecule has 2 atom stereocenters. The summed E-state index contributed by atoms with van der Waals surface area (Å²) in [5.74, 6) is 0.00589. The number of carbonyl (C=O) groups is 1. The molecule has 0 radical (unpaired) electrons. The lowest BCUT2D eigenvalue weighted by Crippen LogP contribution is -2.29. The van der Waals surface area contributed by atoms with E-state index in [-0.39, 0.29) is 18.0 Å². The molecule has 3 heterocycles. The molecule has 1 saturated heterocycles. The molecule has 1 aliphatic rings. The van der Waals surface area contributed by atoms with Crippen molar-refractivity contribution in [3.63, 3.8) is 0 Å². The van der Waals surface area contributed by atoms with Crippen LogP contribution in [0.25, 0.3) is 0 Å². The molecule has 0 unspecified atom stereocenters. The van der Waals surface area contributed by atoms with Crippen molar-refractivity contribution in [3.8, 4) is 0 Å². The number of carbonyl (C=O) groups excluding carboxylic acids is 1. The zero-order chi connectivity index (χ0) is 21.3. The lowest BCUT2D eigenvalue weighted by atomic mass is 10.0. The normalized spacial score (nSPS) is 18.4. The van der Waals surface area contributed by atoms with Gasteiger partial charge in [0.05, 0.1) is 17.8 Å². The molecule has 1 fully saturated rings. The highest BCUT2D eigenvalue weighted by Crippen LogP contribution is 2.44. The Labute approximate surface area is 186 Å². The van der Waals surface area contributed by atoms with Gasteiger partial charge in [-0.1, -0.05) is 13.0 Å². The number of rotatable bonds is 5. The third-order valence-corrected chi connectivity index (χ3v) is 6.62. The number of nitrogens with zero attached hydrogens (tertiary/aromatic N) is 2. The third kappa shape index (κ3) is 3.95. The van der Waals surface area contributed by atoms with E-state index in [0.29, 0.717) is 11.5 Å². The summed E-state index contributed by atoms with van der Waals surface area (Å²) in [5.41, 5.74) is 3.78. The second-order valence-electron chi connectivity index (χ2n) is 7.35. The molecule has 5 nitrogen and oxygen atoms in total. The number of anilines is 2. The number of aromatic nitrogens is 1. The van der Waals surface area contributed by atoms with Crippen LogP contribution in [-0.4, -0.2) is 16.0 Å². The lowest BCUT2D eigenvalue weighted by molar-refractivity contribution is -0.115. The minimum Gasteiger partial charge on any atom is -0.351 e. The second-order valence-corrected chi connectivity index (χ2v) is 9.05. The van der Waals surface area contributed by atoms with E-state index >= 15 is 0 Å². The fourth-order valence-corrected chi connectivity index (χ4v) is 5.06. The van der Waals surface area contributed by atoms with E-state index in [4.69, 9.17) is 12.2 Å². The fraction of sp³-hybridized carbons (Fsp3) is 0.261. The van der Waals surface area contributed by atoms with Crippen molar-refractivity contribution in [2.24, 2.45) is 0 Å². The van der Waals surface area contributed by atoms with Crippen molar-refractivity contribution < 1.29 is 4.79 Å². The SMILES string of the molecule is CCC(=O)Nc1ccc(N2C(=S)N[C@H](c3ccccn3)[C@@H]2c2ccc(C)s2)cc1C. The molecular formula is C23H24N4OS2. The molecule has 4 rings (SSSR count). The molecular weight excluding hydrogens is 412 g/mol. The minimum atomic E-state index is -0.0449. The van der Waals surface area contributed by atoms with Crippen molar-refractivity contribution in [2.75, 3.05) is 10.2 Å². The predicted molar refractivity (Wildman–Crippen MR) is 127 cm³/mol. The first kappa shape index (κ1) is 20.5. The number of hydrogen-bond donors (Lipinski definition) is 2. The van der Waals surface area contributed by atoms with E-state index in [0.717, 1.165) is 22.6 Å². The molecule has 0 bridgehead atoms. The van der Waals surface area contributed by atoms with E-state index in [2.05, 4.69) is 45.6 Å². The Bertz CT molecular complexity index is 1080. The van der Waals surface area contributed by atoms with E-state index in [1.165, 1.54) is 9.75 Å². The average Bonchev–Trinajstić information content (AvgIpc) is 3.32. The van der Waals surface area contributed by atoms with Gasteiger partial charge >= 0.3 is 0 Å². The van der Waals surface area contributed by atoms with Gasteiger partial charge < -0.3 is 15.5 Å². The Morgan fingerprint density at radius 1 is 1.23 bits per heavy atom. The summed E-state index contributed by atoms with van der Waals surface area (Å²) < 4.78 is 0. The second kappa shape index (κ2) is 8.53. The average molecular weight is 437 g/mol. The van der Waals surface area contributed by atoms with E-state index in [1.807, 2.05) is 50.4 Å². The molecule has 2 N–H and O–H groups in total. The van der Waals surface area contributed by atoms with Crippen molar-refractivity contribution in [1.29, 1.82) is 0 Å². The predicted octanol–water partition coefficient (Wildman–Crippen LogP) is 5.29. The molecule has 0 spiro atoms. The minimum absolute atomic E-state index is 0.00147. The van der Waals surface area contributed by atoms with Crippen LogP contribution in [0.3, 0.4) is 0 Å². The lowest BCUT2D eigenvalue weighted by Gasteiger charge is -2.27. The van der Waals surface area contributed by atoms with Crippen molar-refractivity contribution in [1.82, 2.24) is 10.3 Å². The maximum Gasteiger partial charge on any atom is 0.224 e. The summed E-state index contributed by atoms with van der Waals surface area (Å²) in [6.07, 6.45) is 2.27. The third-order valence-electron chi connectivity index (χ3n) is 5.23. The molecule has 0 aliphatic carbocycles. The summed E-state index contributed by atoms with van der Waals surface area (Å²) in [7, 11) is 0. The van der Waals surface area contributed by atoms with Crippen LogP contribution in [0.15, 0.2) is 54.7 Å². The van der Waals surface area contributed by atoms with Gasteiger partial charge in [-0.2, -0.15) is 0 Å². The Kier molecular flexibility index (Phi) is 5.83. The molecule has 2 aromatic heterocycles. The number of benzene rings is 1. The molecule has 1 amide bonds.